The molecule has 0 fully saturated rings. The summed E-state index contributed by atoms with van der Waals surface area (Å²) >= 11 is 2.25. The number of urea groups is 1. The van der Waals surface area contributed by atoms with Gasteiger partial charge in [-0.15, -0.1) is 11.3 Å². The second-order valence-corrected chi connectivity index (χ2v) is 9.13. The number of aromatic nitrogens is 1. The SMILES string of the molecule is COc1cc(C(=O)SNC(=O)Nc2cccc(-c3nc4ccccc4s3)c2C)cc(OC)c1OC. The number of hydrogen-bond acceptors (Lipinski definition) is 8. The number of nitrogens with one attached hydrogen (secondary N) is 2. The van der Waals surface area contributed by atoms with Crippen LogP contribution in [0.2, 0.25) is 0 Å². The predicted octanol–water partition coefficient (Wildman–Crippen LogP) is 5.91. The average molecular weight is 510 g/mol. The monoisotopic (exact) mass is 509 g/mol. The van der Waals surface area contributed by atoms with Crippen molar-refractivity contribution < 1.29 is 23.8 Å². The van der Waals surface area contributed by atoms with Gasteiger partial charge in [0.15, 0.2) is 11.5 Å². The van der Waals surface area contributed by atoms with Crippen molar-refractivity contribution in [3.05, 3.63) is 65.7 Å². The smallest absolute Gasteiger partial charge is 0.329 e. The van der Waals surface area contributed by atoms with E-state index in [-0.39, 0.29) is 5.12 Å². The Bertz CT molecular complexity index is 1350. The van der Waals surface area contributed by atoms with Crippen molar-refractivity contribution in [2.75, 3.05) is 26.6 Å². The minimum atomic E-state index is -0.527. The number of nitrogens with zero attached hydrogens (tertiary/aromatic N) is 1. The molecule has 0 saturated carbocycles. The second kappa shape index (κ2) is 10.7. The van der Waals surface area contributed by atoms with Crippen LogP contribution in [-0.2, 0) is 0 Å². The molecule has 0 saturated heterocycles. The Balaban J connectivity index is 1.46. The molecule has 0 atom stereocenters. The summed E-state index contributed by atoms with van der Waals surface area (Å²) in [6.07, 6.45) is 0. The second-order valence-electron chi connectivity index (χ2n) is 7.32. The molecular weight excluding hydrogens is 486 g/mol. The summed E-state index contributed by atoms with van der Waals surface area (Å²) < 4.78 is 19.5. The van der Waals surface area contributed by atoms with E-state index >= 15 is 0 Å². The maximum atomic E-state index is 12.7. The van der Waals surface area contributed by atoms with Crippen molar-refractivity contribution in [3.63, 3.8) is 0 Å². The van der Waals surface area contributed by atoms with Crippen LogP contribution >= 0.6 is 23.3 Å². The van der Waals surface area contributed by atoms with Crippen molar-refractivity contribution >= 4 is 50.3 Å². The lowest BCUT2D eigenvalue weighted by Crippen LogP contribution is -2.24. The van der Waals surface area contributed by atoms with E-state index < -0.39 is 6.03 Å². The van der Waals surface area contributed by atoms with Gasteiger partial charge in [-0.25, -0.2) is 9.78 Å². The Morgan fingerprint density at radius 1 is 0.943 bits per heavy atom. The number of benzene rings is 3. The number of methoxy groups -OCH3 is 3. The first-order chi connectivity index (χ1) is 16.9. The van der Waals surface area contributed by atoms with Gasteiger partial charge in [0.2, 0.25) is 10.9 Å². The van der Waals surface area contributed by atoms with E-state index in [9.17, 15) is 9.59 Å². The molecule has 180 valence electrons. The molecule has 8 nitrogen and oxygen atoms in total. The maximum Gasteiger partial charge on any atom is 0.329 e. The molecule has 0 bridgehead atoms. The fourth-order valence-electron chi connectivity index (χ4n) is 3.49. The van der Waals surface area contributed by atoms with Crippen LogP contribution < -0.4 is 24.2 Å². The quantitative estimate of drug-likeness (QED) is 0.312. The van der Waals surface area contributed by atoms with Gasteiger partial charge in [0, 0.05) is 28.8 Å². The summed E-state index contributed by atoms with van der Waals surface area (Å²) in [5.74, 6) is 1.08. The first kappa shape index (κ1) is 24.4. The number of carbonyl (C=O) groups is 2. The van der Waals surface area contributed by atoms with Gasteiger partial charge in [-0.2, -0.15) is 0 Å². The summed E-state index contributed by atoms with van der Waals surface area (Å²) in [6.45, 7) is 1.92. The molecule has 0 radical (unpaired) electrons. The number of para-hydroxylation sites is 1. The highest BCUT2D eigenvalue weighted by atomic mass is 32.2. The first-order valence-electron chi connectivity index (χ1n) is 10.5. The van der Waals surface area contributed by atoms with Crippen LogP contribution in [0.15, 0.2) is 54.6 Å². The lowest BCUT2D eigenvalue weighted by Gasteiger charge is -2.14. The van der Waals surface area contributed by atoms with Crippen LogP contribution in [0.3, 0.4) is 0 Å². The Morgan fingerprint density at radius 3 is 2.31 bits per heavy atom. The summed E-state index contributed by atoms with van der Waals surface area (Å²) in [5, 5.41) is 3.29. The van der Waals surface area contributed by atoms with E-state index in [1.165, 1.54) is 33.5 Å². The summed E-state index contributed by atoms with van der Waals surface area (Å²) in [6, 6.07) is 16.1. The average Bonchev–Trinajstić information content (AvgIpc) is 3.31. The van der Waals surface area contributed by atoms with E-state index in [1.807, 2.05) is 43.3 Å². The maximum absolute atomic E-state index is 12.7. The van der Waals surface area contributed by atoms with Crippen molar-refractivity contribution in [1.29, 1.82) is 0 Å². The third kappa shape index (κ3) is 5.18. The molecule has 10 heteroatoms. The Hall–Kier alpha value is -3.76. The molecule has 4 aromatic rings. The number of ether oxygens (including phenoxy) is 3. The minimum absolute atomic E-state index is 0.291. The molecule has 0 aliphatic carbocycles. The van der Waals surface area contributed by atoms with Crippen LogP contribution in [0.4, 0.5) is 10.5 Å². The molecule has 0 aliphatic heterocycles. The van der Waals surface area contributed by atoms with E-state index in [0.717, 1.165) is 26.4 Å². The largest absolute Gasteiger partial charge is 0.493 e. The third-order valence-electron chi connectivity index (χ3n) is 5.24. The highest BCUT2D eigenvalue weighted by Gasteiger charge is 2.19. The van der Waals surface area contributed by atoms with Crippen LogP contribution in [0, 0.1) is 6.92 Å². The van der Waals surface area contributed by atoms with Gasteiger partial charge in [-0.1, -0.05) is 24.3 Å². The zero-order valence-corrected chi connectivity index (χ0v) is 21.1. The normalized spacial score (nSPS) is 10.6. The molecule has 2 amide bonds. The molecule has 4 rings (SSSR count). The zero-order chi connectivity index (χ0) is 24.9. The number of hydrogen-bond donors (Lipinski definition) is 2. The molecule has 2 N–H and O–H groups in total. The van der Waals surface area contributed by atoms with Gasteiger partial charge >= 0.3 is 6.03 Å². The van der Waals surface area contributed by atoms with Crippen LogP contribution in [0.5, 0.6) is 17.2 Å². The van der Waals surface area contributed by atoms with E-state index in [4.69, 9.17) is 19.2 Å². The summed E-state index contributed by atoms with van der Waals surface area (Å²) in [7, 11) is 4.42. The lowest BCUT2D eigenvalue weighted by molar-refractivity contribution is 0.108. The molecule has 3 aromatic carbocycles. The van der Waals surface area contributed by atoms with E-state index in [2.05, 4.69) is 10.0 Å². The van der Waals surface area contributed by atoms with Gasteiger partial charge in [0.05, 0.1) is 31.5 Å². The standard InChI is InChI=1S/C25H23N3O5S2/c1-14-16(23-26-18-9-5-6-11-21(18)34-23)8-7-10-17(14)27-25(30)28-35-24(29)15-12-19(31-2)22(33-4)20(13-15)32-3/h5-13H,1-4H3,(H2,27,28,30). The van der Waals surface area contributed by atoms with E-state index in [0.29, 0.717) is 40.4 Å². The van der Waals surface area contributed by atoms with Gasteiger partial charge in [0.1, 0.15) is 5.01 Å². The number of thiazole rings is 1. The molecule has 0 spiro atoms. The Kier molecular flexibility index (Phi) is 7.42. The number of carbonyl (C=O) groups excluding carboxylic acids is 2. The highest BCUT2D eigenvalue weighted by molar-refractivity contribution is 8.12. The van der Waals surface area contributed by atoms with Crippen molar-refractivity contribution in [2.24, 2.45) is 0 Å². The third-order valence-corrected chi connectivity index (χ3v) is 7.02. The van der Waals surface area contributed by atoms with E-state index in [1.54, 1.807) is 17.4 Å². The highest BCUT2D eigenvalue weighted by Crippen LogP contribution is 2.39. The first-order valence-corrected chi connectivity index (χ1v) is 12.1. The molecule has 0 unspecified atom stereocenters. The van der Waals surface area contributed by atoms with Crippen molar-refractivity contribution in [3.8, 4) is 27.8 Å². The van der Waals surface area contributed by atoms with Gasteiger partial charge in [-0.3, -0.25) is 9.52 Å². The molecule has 0 aliphatic rings. The van der Waals surface area contributed by atoms with Gasteiger partial charge in [0.25, 0.3) is 0 Å². The number of anilines is 1. The molecule has 1 aromatic heterocycles. The molecular formula is C25H23N3O5S2. The number of amides is 2. The van der Waals surface area contributed by atoms with Crippen LogP contribution in [-0.4, -0.2) is 37.5 Å². The fourth-order valence-corrected chi connectivity index (χ4v) is 5.01. The van der Waals surface area contributed by atoms with Gasteiger partial charge in [-0.05, 0) is 42.8 Å². The number of rotatable bonds is 6. The Labute approximate surface area is 210 Å². The molecule has 1 heterocycles. The predicted molar refractivity (Wildman–Crippen MR) is 140 cm³/mol. The lowest BCUT2D eigenvalue weighted by atomic mass is 10.1. The summed E-state index contributed by atoms with van der Waals surface area (Å²) in [4.78, 5) is 30.0. The van der Waals surface area contributed by atoms with Crippen LogP contribution in [0.25, 0.3) is 20.8 Å². The zero-order valence-electron chi connectivity index (χ0n) is 19.5. The Morgan fingerprint density at radius 2 is 1.66 bits per heavy atom. The molecule has 35 heavy (non-hydrogen) atoms. The van der Waals surface area contributed by atoms with Gasteiger partial charge < -0.3 is 19.5 Å². The van der Waals surface area contributed by atoms with Crippen molar-refractivity contribution in [1.82, 2.24) is 9.71 Å². The number of fused-ring (bicyclic) bond motifs is 1. The minimum Gasteiger partial charge on any atom is -0.493 e. The topological polar surface area (TPSA) is 98.8 Å². The summed E-state index contributed by atoms with van der Waals surface area (Å²) in [5.41, 5.74) is 3.66. The van der Waals surface area contributed by atoms with Crippen LogP contribution in [0.1, 0.15) is 15.9 Å². The fraction of sp³-hybridized carbons (Fsp3) is 0.160. The van der Waals surface area contributed by atoms with Crippen molar-refractivity contribution in [2.45, 2.75) is 6.92 Å².